The number of alkyl halides is 3. The van der Waals surface area contributed by atoms with Gasteiger partial charge in [-0.15, -0.1) is 0 Å². The second-order valence-electron chi connectivity index (χ2n) is 4.79. The molecule has 8 heteroatoms. The van der Waals surface area contributed by atoms with E-state index in [-0.39, 0.29) is 0 Å². The van der Waals surface area contributed by atoms with E-state index >= 15 is 0 Å². The van der Waals surface area contributed by atoms with E-state index in [4.69, 9.17) is 5.11 Å². The Morgan fingerprint density at radius 2 is 1.71 bits per heavy atom. The lowest BCUT2D eigenvalue weighted by molar-refractivity contribution is -0.142. The SMILES string of the molecule is CC(C)(C(=O)O)c1ccc(NC(=O)CSC(F)(F)F)cc1. The number of amides is 1. The molecular formula is C13H14F3NO3S. The number of hydrogen-bond acceptors (Lipinski definition) is 3. The summed E-state index contributed by atoms with van der Waals surface area (Å²) in [6.45, 7) is 3.06. The van der Waals surface area contributed by atoms with Crippen LogP contribution in [0.4, 0.5) is 18.9 Å². The topological polar surface area (TPSA) is 66.4 Å². The number of halogens is 3. The Balaban J connectivity index is 2.67. The van der Waals surface area contributed by atoms with Gasteiger partial charge in [0.05, 0.1) is 11.2 Å². The second kappa shape index (κ2) is 6.38. The lowest BCUT2D eigenvalue weighted by atomic mass is 9.85. The first-order chi connectivity index (χ1) is 9.52. The summed E-state index contributed by atoms with van der Waals surface area (Å²) >= 11 is -0.418. The van der Waals surface area contributed by atoms with Gasteiger partial charge in [-0.05, 0) is 43.3 Å². The summed E-state index contributed by atoms with van der Waals surface area (Å²) < 4.78 is 35.8. The monoisotopic (exact) mass is 321 g/mol. The fourth-order valence-corrected chi connectivity index (χ4v) is 1.81. The maximum atomic E-state index is 11.9. The molecule has 0 heterocycles. The Kier molecular flexibility index (Phi) is 5.27. The first kappa shape index (κ1) is 17.4. The molecule has 0 bridgehead atoms. The van der Waals surface area contributed by atoms with Crippen LogP contribution in [-0.4, -0.2) is 28.2 Å². The van der Waals surface area contributed by atoms with Crippen LogP contribution in [-0.2, 0) is 15.0 Å². The van der Waals surface area contributed by atoms with Crippen LogP contribution in [0.25, 0.3) is 0 Å². The minimum atomic E-state index is -4.45. The number of carbonyl (C=O) groups excluding carboxylic acids is 1. The summed E-state index contributed by atoms with van der Waals surface area (Å²) in [5.41, 5.74) is -4.70. The van der Waals surface area contributed by atoms with Crippen LogP contribution in [0.2, 0.25) is 0 Å². The van der Waals surface area contributed by atoms with E-state index in [0.29, 0.717) is 11.3 Å². The molecule has 4 nitrogen and oxygen atoms in total. The predicted octanol–water partition coefficient (Wildman–Crippen LogP) is 3.24. The first-order valence-corrected chi connectivity index (χ1v) is 6.85. The quantitative estimate of drug-likeness (QED) is 0.874. The summed E-state index contributed by atoms with van der Waals surface area (Å²) in [5.74, 6) is -2.50. The summed E-state index contributed by atoms with van der Waals surface area (Å²) in [6.07, 6.45) is 0. The first-order valence-electron chi connectivity index (χ1n) is 5.87. The number of carbonyl (C=O) groups is 2. The van der Waals surface area contributed by atoms with Gasteiger partial charge in [-0.25, -0.2) is 0 Å². The molecule has 0 aliphatic carbocycles. The van der Waals surface area contributed by atoms with E-state index in [0.717, 1.165) is 0 Å². The molecule has 1 rings (SSSR count). The minimum Gasteiger partial charge on any atom is -0.481 e. The van der Waals surface area contributed by atoms with E-state index in [2.05, 4.69) is 5.32 Å². The summed E-state index contributed by atoms with van der Waals surface area (Å²) in [5, 5.41) is 11.4. The largest absolute Gasteiger partial charge is 0.481 e. The van der Waals surface area contributed by atoms with Gasteiger partial charge in [0.25, 0.3) is 0 Å². The average Bonchev–Trinajstić information content (AvgIpc) is 2.36. The Labute approximate surface area is 123 Å². The molecule has 1 aromatic rings. The molecule has 0 saturated carbocycles. The van der Waals surface area contributed by atoms with Crippen LogP contribution < -0.4 is 5.32 Å². The molecule has 0 spiro atoms. The van der Waals surface area contributed by atoms with E-state index in [1.165, 1.54) is 38.1 Å². The third-order valence-electron chi connectivity index (χ3n) is 2.79. The lowest BCUT2D eigenvalue weighted by Gasteiger charge is -2.19. The molecule has 21 heavy (non-hydrogen) atoms. The number of carboxylic acid groups (broad SMARTS) is 1. The van der Waals surface area contributed by atoms with E-state index < -0.39 is 40.3 Å². The Hall–Kier alpha value is -1.70. The molecule has 0 aromatic heterocycles. The third-order valence-corrected chi connectivity index (χ3v) is 3.53. The number of benzene rings is 1. The fourth-order valence-electron chi connectivity index (χ4n) is 1.44. The molecule has 0 unspecified atom stereocenters. The smallest absolute Gasteiger partial charge is 0.442 e. The molecule has 1 amide bonds. The molecule has 0 aliphatic heterocycles. The van der Waals surface area contributed by atoms with Crippen LogP contribution >= 0.6 is 11.8 Å². The average molecular weight is 321 g/mol. The highest BCUT2D eigenvalue weighted by Gasteiger charge is 2.30. The standard InChI is InChI=1S/C13H14F3NO3S/c1-12(2,11(19)20)8-3-5-9(6-4-8)17-10(18)7-21-13(14,15)16/h3-6H,7H2,1-2H3,(H,17,18)(H,19,20). The van der Waals surface area contributed by atoms with Gasteiger partial charge in [-0.1, -0.05) is 12.1 Å². The van der Waals surface area contributed by atoms with Crippen LogP contribution in [0.1, 0.15) is 19.4 Å². The van der Waals surface area contributed by atoms with Crippen LogP contribution in [0, 0.1) is 0 Å². The molecule has 0 fully saturated rings. The van der Waals surface area contributed by atoms with Gasteiger partial charge in [-0.3, -0.25) is 9.59 Å². The maximum Gasteiger partial charge on any atom is 0.442 e. The zero-order valence-electron chi connectivity index (χ0n) is 11.3. The molecule has 0 radical (unpaired) electrons. The van der Waals surface area contributed by atoms with E-state index in [1.54, 1.807) is 0 Å². The maximum absolute atomic E-state index is 11.9. The van der Waals surface area contributed by atoms with Gasteiger partial charge >= 0.3 is 11.5 Å². The summed E-state index contributed by atoms with van der Waals surface area (Å²) in [7, 11) is 0. The van der Waals surface area contributed by atoms with Crippen LogP contribution in [0.5, 0.6) is 0 Å². The molecule has 0 atom stereocenters. The Bertz CT molecular complexity index is 526. The normalized spacial score (nSPS) is 12.0. The Morgan fingerprint density at radius 1 is 1.19 bits per heavy atom. The van der Waals surface area contributed by atoms with Crippen LogP contribution in [0.3, 0.4) is 0 Å². The third kappa shape index (κ3) is 5.30. The highest BCUT2D eigenvalue weighted by molar-refractivity contribution is 8.00. The van der Waals surface area contributed by atoms with Gasteiger partial charge in [0.1, 0.15) is 0 Å². The van der Waals surface area contributed by atoms with Crippen molar-refractivity contribution in [2.75, 3.05) is 11.1 Å². The van der Waals surface area contributed by atoms with Gasteiger partial charge in [0.15, 0.2) is 0 Å². The highest BCUT2D eigenvalue weighted by Crippen LogP contribution is 2.30. The van der Waals surface area contributed by atoms with Gasteiger partial charge in [-0.2, -0.15) is 13.2 Å². The van der Waals surface area contributed by atoms with E-state index in [1.807, 2.05) is 0 Å². The number of aliphatic carboxylic acids is 1. The van der Waals surface area contributed by atoms with Crippen molar-refractivity contribution in [2.24, 2.45) is 0 Å². The Morgan fingerprint density at radius 3 is 2.14 bits per heavy atom. The summed E-state index contributed by atoms with van der Waals surface area (Å²) in [6, 6.07) is 5.94. The zero-order valence-corrected chi connectivity index (χ0v) is 12.1. The van der Waals surface area contributed by atoms with Gasteiger partial charge in [0.2, 0.25) is 5.91 Å². The number of rotatable bonds is 5. The van der Waals surface area contributed by atoms with Gasteiger partial charge in [0, 0.05) is 5.69 Å². The second-order valence-corrected chi connectivity index (χ2v) is 5.83. The molecule has 1 aromatic carbocycles. The molecule has 2 N–H and O–H groups in total. The van der Waals surface area contributed by atoms with Gasteiger partial charge < -0.3 is 10.4 Å². The number of hydrogen-bond donors (Lipinski definition) is 2. The summed E-state index contributed by atoms with van der Waals surface area (Å²) in [4.78, 5) is 22.4. The van der Waals surface area contributed by atoms with Crippen molar-refractivity contribution >= 4 is 29.3 Å². The molecular weight excluding hydrogens is 307 g/mol. The van der Waals surface area contributed by atoms with Crippen molar-refractivity contribution in [3.8, 4) is 0 Å². The highest BCUT2D eigenvalue weighted by atomic mass is 32.2. The van der Waals surface area contributed by atoms with Crippen molar-refractivity contribution in [1.29, 1.82) is 0 Å². The van der Waals surface area contributed by atoms with Crippen molar-refractivity contribution in [1.82, 2.24) is 0 Å². The van der Waals surface area contributed by atoms with Crippen molar-refractivity contribution < 1.29 is 27.9 Å². The van der Waals surface area contributed by atoms with Crippen molar-refractivity contribution in [3.05, 3.63) is 29.8 Å². The number of nitrogens with one attached hydrogen (secondary N) is 1. The molecule has 116 valence electrons. The minimum absolute atomic E-state index is 0.313. The van der Waals surface area contributed by atoms with Crippen molar-refractivity contribution in [3.63, 3.8) is 0 Å². The molecule has 0 aliphatic rings. The number of carboxylic acids is 1. The van der Waals surface area contributed by atoms with Crippen LogP contribution in [0.15, 0.2) is 24.3 Å². The van der Waals surface area contributed by atoms with Crippen molar-refractivity contribution in [2.45, 2.75) is 24.8 Å². The fraction of sp³-hybridized carbons (Fsp3) is 0.385. The van der Waals surface area contributed by atoms with E-state index in [9.17, 15) is 22.8 Å². The predicted molar refractivity (Wildman–Crippen MR) is 74.2 cm³/mol. The molecule has 0 saturated heterocycles. The number of anilines is 1. The zero-order chi connectivity index (χ0) is 16.3. The number of thioether (sulfide) groups is 1. The lowest BCUT2D eigenvalue weighted by Crippen LogP contribution is -2.28.